The normalized spacial score (nSPS) is 27.6. The fourth-order valence-corrected chi connectivity index (χ4v) is 5.50. The highest BCUT2D eigenvalue weighted by molar-refractivity contribution is 6.30. The number of fused-ring (bicyclic) bond motifs is 3. The minimum atomic E-state index is -0.798. The molecule has 2 aliphatic rings. The van der Waals surface area contributed by atoms with Gasteiger partial charge in [0.2, 0.25) is 0 Å². The molecule has 4 rings (SSSR count). The van der Waals surface area contributed by atoms with Gasteiger partial charge >= 0.3 is 6.09 Å². The number of carboxylic acid groups (broad SMARTS) is 1. The molecule has 2 aromatic heterocycles. The van der Waals surface area contributed by atoms with E-state index in [0.29, 0.717) is 5.15 Å². The Balaban J connectivity index is 1.71. The molecular weight excluding hydrogens is 376 g/mol. The van der Waals surface area contributed by atoms with Crippen LogP contribution in [-0.4, -0.2) is 43.7 Å². The Hall–Kier alpha value is -2.08. The SMILES string of the molecule is CC(C)(C)[C@@]12CCC[C@@H](C[C@H](Nc3nc(Cl)cc4ncccc34)C1)N2C(=O)O. The molecule has 0 saturated carbocycles. The third-order valence-corrected chi connectivity index (χ3v) is 6.80. The van der Waals surface area contributed by atoms with Crippen LogP contribution in [0.1, 0.15) is 52.9 Å². The molecule has 0 aromatic carbocycles. The first-order chi connectivity index (χ1) is 13.2. The number of hydrogen-bond donors (Lipinski definition) is 2. The first kappa shape index (κ1) is 19.2. The monoisotopic (exact) mass is 402 g/mol. The molecule has 7 heteroatoms. The number of nitrogens with zero attached hydrogens (tertiary/aromatic N) is 3. The van der Waals surface area contributed by atoms with Crippen molar-refractivity contribution >= 4 is 34.4 Å². The Bertz CT molecular complexity index is 913. The summed E-state index contributed by atoms with van der Waals surface area (Å²) >= 11 is 6.22. The van der Waals surface area contributed by atoms with E-state index in [2.05, 4.69) is 36.1 Å². The molecule has 2 aliphatic heterocycles. The zero-order valence-corrected chi connectivity index (χ0v) is 17.3. The van der Waals surface area contributed by atoms with E-state index in [1.54, 1.807) is 17.2 Å². The van der Waals surface area contributed by atoms with Gasteiger partial charge in [-0.2, -0.15) is 0 Å². The third kappa shape index (κ3) is 3.08. The van der Waals surface area contributed by atoms with Gasteiger partial charge in [-0.25, -0.2) is 9.78 Å². The predicted molar refractivity (Wildman–Crippen MR) is 111 cm³/mol. The quantitative estimate of drug-likeness (QED) is 0.677. The lowest BCUT2D eigenvalue weighted by atomic mass is 9.60. The summed E-state index contributed by atoms with van der Waals surface area (Å²) in [6, 6.07) is 5.80. The Morgan fingerprint density at radius 2 is 2.21 bits per heavy atom. The van der Waals surface area contributed by atoms with E-state index in [1.807, 2.05) is 12.1 Å². The molecule has 2 fully saturated rings. The molecular formula is C21H27ClN4O2. The number of carbonyl (C=O) groups is 1. The van der Waals surface area contributed by atoms with Crippen LogP contribution in [0, 0.1) is 5.41 Å². The number of rotatable bonds is 2. The second kappa shape index (κ2) is 6.76. The van der Waals surface area contributed by atoms with Crippen LogP contribution in [0.15, 0.2) is 24.4 Å². The molecule has 3 atom stereocenters. The summed E-state index contributed by atoms with van der Waals surface area (Å²) in [7, 11) is 0. The van der Waals surface area contributed by atoms with Crippen LogP contribution in [0.3, 0.4) is 0 Å². The van der Waals surface area contributed by atoms with E-state index in [4.69, 9.17) is 11.6 Å². The van der Waals surface area contributed by atoms with Gasteiger partial charge in [0.15, 0.2) is 0 Å². The molecule has 0 aliphatic carbocycles. The Morgan fingerprint density at radius 3 is 2.93 bits per heavy atom. The van der Waals surface area contributed by atoms with Crippen molar-refractivity contribution in [2.45, 2.75) is 70.5 Å². The van der Waals surface area contributed by atoms with Crippen LogP contribution in [0.25, 0.3) is 10.9 Å². The summed E-state index contributed by atoms with van der Waals surface area (Å²) in [4.78, 5) is 22.8. The molecule has 0 unspecified atom stereocenters. The molecule has 6 nitrogen and oxygen atoms in total. The summed E-state index contributed by atoms with van der Waals surface area (Å²) < 4.78 is 0. The van der Waals surface area contributed by atoms with Gasteiger partial charge in [0.1, 0.15) is 11.0 Å². The van der Waals surface area contributed by atoms with Crippen LogP contribution in [0.2, 0.25) is 5.15 Å². The lowest BCUT2D eigenvalue weighted by Crippen LogP contribution is -2.69. The lowest BCUT2D eigenvalue weighted by Gasteiger charge is -2.61. The van der Waals surface area contributed by atoms with E-state index in [1.165, 1.54) is 0 Å². The van der Waals surface area contributed by atoms with Crippen LogP contribution in [0.5, 0.6) is 0 Å². The van der Waals surface area contributed by atoms with Crippen LogP contribution >= 0.6 is 11.6 Å². The fourth-order valence-electron chi connectivity index (χ4n) is 5.31. The maximum Gasteiger partial charge on any atom is 0.408 e. The molecule has 4 heterocycles. The van der Waals surface area contributed by atoms with Gasteiger partial charge in [0.05, 0.1) is 11.1 Å². The first-order valence-corrected chi connectivity index (χ1v) is 10.3. The van der Waals surface area contributed by atoms with Gasteiger partial charge in [0, 0.05) is 29.7 Å². The highest BCUT2D eigenvalue weighted by Gasteiger charge is 2.57. The van der Waals surface area contributed by atoms with Crippen molar-refractivity contribution in [2.75, 3.05) is 5.32 Å². The molecule has 150 valence electrons. The van der Waals surface area contributed by atoms with E-state index < -0.39 is 6.09 Å². The molecule has 2 bridgehead atoms. The standard InChI is InChI=1S/C21H27ClN4O2/c1-20(2,3)21-8-4-6-14(26(21)19(27)28)10-13(12-21)24-18-15-7-5-9-23-16(15)11-17(22)25-18/h5,7,9,11,13-14H,4,6,8,10,12H2,1-3H3,(H,24,25)(H,27,28)/t13-,14-,21+/m0/s1. The van der Waals surface area contributed by atoms with Gasteiger partial charge in [-0.15, -0.1) is 0 Å². The number of piperidine rings is 2. The van der Waals surface area contributed by atoms with Gasteiger partial charge in [-0.1, -0.05) is 32.4 Å². The molecule has 2 saturated heterocycles. The minimum absolute atomic E-state index is 0.0281. The molecule has 1 amide bonds. The molecule has 0 radical (unpaired) electrons. The highest BCUT2D eigenvalue weighted by Crippen LogP contribution is 2.52. The smallest absolute Gasteiger partial charge is 0.408 e. The van der Waals surface area contributed by atoms with Crippen molar-refractivity contribution < 1.29 is 9.90 Å². The van der Waals surface area contributed by atoms with Crippen LogP contribution in [0.4, 0.5) is 10.6 Å². The zero-order chi connectivity index (χ0) is 20.1. The summed E-state index contributed by atoms with van der Waals surface area (Å²) in [5.41, 5.74) is 0.263. The van der Waals surface area contributed by atoms with Crippen molar-refractivity contribution in [2.24, 2.45) is 5.41 Å². The first-order valence-electron chi connectivity index (χ1n) is 9.91. The van der Waals surface area contributed by atoms with Crippen LogP contribution < -0.4 is 5.32 Å². The van der Waals surface area contributed by atoms with Gasteiger partial charge in [-0.05, 0) is 49.7 Å². The lowest BCUT2D eigenvalue weighted by molar-refractivity contribution is -0.0861. The summed E-state index contributed by atoms with van der Waals surface area (Å²) in [5, 5.41) is 14.9. The molecule has 0 spiro atoms. The van der Waals surface area contributed by atoms with E-state index >= 15 is 0 Å². The maximum absolute atomic E-state index is 12.2. The maximum atomic E-state index is 12.2. The second-order valence-electron chi connectivity index (χ2n) is 9.12. The highest BCUT2D eigenvalue weighted by atomic mass is 35.5. The van der Waals surface area contributed by atoms with E-state index in [-0.39, 0.29) is 23.0 Å². The molecule has 28 heavy (non-hydrogen) atoms. The Kier molecular flexibility index (Phi) is 4.65. The minimum Gasteiger partial charge on any atom is -0.465 e. The summed E-state index contributed by atoms with van der Waals surface area (Å²) in [6.45, 7) is 6.47. The van der Waals surface area contributed by atoms with Crippen molar-refractivity contribution in [1.29, 1.82) is 0 Å². The average Bonchev–Trinajstić information content (AvgIpc) is 2.59. The number of pyridine rings is 2. The Labute approximate surface area is 170 Å². The second-order valence-corrected chi connectivity index (χ2v) is 9.51. The van der Waals surface area contributed by atoms with Gasteiger partial charge in [-0.3, -0.25) is 9.88 Å². The number of halogens is 1. The van der Waals surface area contributed by atoms with Gasteiger partial charge < -0.3 is 10.4 Å². The van der Waals surface area contributed by atoms with Crippen molar-refractivity contribution in [3.05, 3.63) is 29.5 Å². The predicted octanol–water partition coefficient (Wildman–Crippen LogP) is 5.17. The topological polar surface area (TPSA) is 78.4 Å². The van der Waals surface area contributed by atoms with Crippen molar-refractivity contribution in [3.8, 4) is 0 Å². The van der Waals surface area contributed by atoms with Crippen molar-refractivity contribution in [1.82, 2.24) is 14.9 Å². The number of amides is 1. The molecule has 2 aromatic rings. The van der Waals surface area contributed by atoms with E-state index in [9.17, 15) is 9.90 Å². The number of nitrogens with one attached hydrogen (secondary N) is 1. The summed E-state index contributed by atoms with van der Waals surface area (Å²) in [6.07, 6.45) is 5.35. The average molecular weight is 403 g/mol. The fraction of sp³-hybridized carbons (Fsp3) is 0.571. The number of hydrogen-bond acceptors (Lipinski definition) is 4. The Morgan fingerprint density at radius 1 is 1.43 bits per heavy atom. The number of anilines is 1. The summed E-state index contributed by atoms with van der Waals surface area (Å²) in [5.74, 6) is 0.728. The van der Waals surface area contributed by atoms with E-state index in [0.717, 1.165) is 48.8 Å². The van der Waals surface area contributed by atoms with Crippen LogP contribution in [-0.2, 0) is 0 Å². The number of aromatic nitrogens is 2. The molecule has 2 N–H and O–H groups in total. The zero-order valence-electron chi connectivity index (χ0n) is 16.6. The largest absolute Gasteiger partial charge is 0.465 e. The third-order valence-electron chi connectivity index (χ3n) is 6.61. The van der Waals surface area contributed by atoms with Gasteiger partial charge in [0.25, 0.3) is 0 Å². The van der Waals surface area contributed by atoms with Crippen molar-refractivity contribution in [3.63, 3.8) is 0 Å².